The molecule has 2 aromatic heterocycles. The maximum absolute atomic E-state index is 12.3. The van der Waals surface area contributed by atoms with Gasteiger partial charge in [0.25, 0.3) is 11.5 Å². The smallest absolute Gasteiger partial charge is 0.285 e. The van der Waals surface area contributed by atoms with E-state index in [9.17, 15) is 9.59 Å². The van der Waals surface area contributed by atoms with Gasteiger partial charge in [0.15, 0.2) is 0 Å². The zero-order chi connectivity index (χ0) is 16.4. The Kier molecular flexibility index (Phi) is 4.22. The summed E-state index contributed by atoms with van der Waals surface area (Å²) >= 11 is 1.18. The Hall–Kier alpha value is -2.51. The summed E-state index contributed by atoms with van der Waals surface area (Å²) in [6.45, 7) is 2.02. The molecule has 0 unspecified atom stereocenters. The molecular formula is C16H15N3O3S. The first-order chi connectivity index (χ1) is 11.1. The van der Waals surface area contributed by atoms with Gasteiger partial charge in [0.2, 0.25) is 0 Å². The predicted molar refractivity (Wildman–Crippen MR) is 88.3 cm³/mol. The van der Waals surface area contributed by atoms with Gasteiger partial charge in [-0.3, -0.25) is 14.4 Å². The maximum atomic E-state index is 12.3. The number of carbonyl (C=O) groups is 1. The molecule has 1 aromatic carbocycles. The Bertz CT molecular complexity index is 915. The molecule has 0 bridgehead atoms. The van der Waals surface area contributed by atoms with Gasteiger partial charge in [0.1, 0.15) is 4.83 Å². The van der Waals surface area contributed by atoms with Crippen LogP contribution in [-0.4, -0.2) is 15.5 Å². The van der Waals surface area contributed by atoms with Crippen molar-refractivity contribution in [3.05, 3.63) is 63.0 Å². The highest BCUT2D eigenvalue weighted by Gasteiger charge is 2.19. The number of hydrogen-bond acceptors (Lipinski definition) is 5. The number of thiophene rings is 1. The Morgan fingerprint density at radius 2 is 2.09 bits per heavy atom. The van der Waals surface area contributed by atoms with Crippen molar-refractivity contribution in [2.24, 2.45) is 7.05 Å². The first kappa shape index (κ1) is 15.4. The fourth-order valence-electron chi connectivity index (χ4n) is 2.23. The van der Waals surface area contributed by atoms with Crippen LogP contribution in [0.5, 0.6) is 0 Å². The average molecular weight is 329 g/mol. The number of fused-ring (bicyclic) bond motifs is 1. The third-order valence-corrected chi connectivity index (χ3v) is 4.66. The molecule has 2 heterocycles. The Balaban J connectivity index is 1.78. The topological polar surface area (TPSA) is 73.2 Å². The van der Waals surface area contributed by atoms with Crippen LogP contribution in [0.3, 0.4) is 0 Å². The lowest BCUT2D eigenvalue weighted by molar-refractivity contribution is 0.0236. The second-order valence-electron chi connectivity index (χ2n) is 5.10. The lowest BCUT2D eigenvalue weighted by Crippen LogP contribution is -2.23. The minimum absolute atomic E-state index is 0.159. The zero-order valence-corrected chi connectivity index (χ0v) is 13.5. The molecule has 7 heteroatoms. The molecule has 118 valence electrons. The van der Waals surface area contributed by atoms with Gasteiger partial charge in [0, 0.05) is 7.05 Å². The van der Waals surface area contributed by atoms with Crippen molar-refractivity contribution in [3.8, 4) is 0 Å². The molecule has 0 atom stereocenters. The quantitative estimate of drug-likeness (QED) is 0.745. The van der Waals surface area contributed by atoms with Crippen LogP contribution >= 0.6 is 11.3 Å². The second kappa shape index (κ2) is 6.31. The first-order valence-corrected chi connectivity index (χ1v) is 7.80. The molecule has 0 fully saturated rings. The fraction of sp³-hybridized carbons (Fsp3) is 0.188. The van der Waals surface area contributed by atoms with Gasteiger partial charge in [-0.15, -0.1) is 11.3 Å². The van der Waals surface area contributed by atoms with E-state index in [1.54, 1.807) is 14.0 Å². The third kappa shape index (κ3) is 3.01. The Morgan fingerprint density at radius 1 is 1.35 bits per heavy atom. The highest BCUT2D eigenvalue weighted by atomic mass is 32.1. The van der Waals surface area contributed by atoms with Gasteiger partial charge in [-0.2, -0.15) is 0 Å². The summed E-state index contributed by atoms with van der Waals surface area (Å²) in [6, 6.07) is 9.53. The predicted octanol–water partition coefficient (Wildman–Crippen LogP) is 2.17. The second-order valence-corrected chi connectivity index (χ2v) is 6.10. The number of aryl methyl sites for hydroxylation is 2. The van der Waals surface area contributed by atoms with E-state index in [0.29, 0.717) is 20.7 Å². The van der Waals surface area contributed by atoms with Gasteiger partial charge in [-0.25, -0.2) is 10.5 Å². The lowest BCUT2D eigenvalue weighted by Gasteiger charge is -2.05. The van der Waals surface area contributed by atoms with Gasteiger partial charge in [0.05, 0.1) is 23.2 Å². The minimum atomic E-state index is -0.372. The zero-order valence-electron chi connectivity index (χ0n) is 12.7. The molecule has 0 spiro atoms. The summed E-state index contributed by atoms with van der Waals surface area (Å²) in [5.74, 6) is -0.372. The van der Waals surface area contributed by atoms with Crippen molar-refractivity contribution < 1.29 is 9.63 Å². The molecule has 0 aliphatic heterocycles. The van der Waals surface area contributed by atoms with E-state index in [2.05, 4.69) is 10.5 Å². The van der Waals surface area contributed by atoms with Crippen LogP contribution in [-0.2, 0) is 18.5 Å². The molecule has 3 aromatic rings. The first-order valence-electron chi connectivity index (χ1n) is 6.98. The number of amides is 1. The van der Waals surface area contributed by atoms with Crippen molar-refractivity contribution in [1.29, 1.82) is 0 Å². The van der Waals surface area contributed by atoms with Crippen LogP contribution in [0.2, 0.25) is 0 Å². The average Bonchev–Trinajstić information content (AvgIpc) is 2.89. The van der Waals surface area contributed by atoms with Crippen LogP contribution in [0.15, 0.2) is 41.5 Å². The number of hydroxylamine groups is 1. The SMILES string of the molecule is Cc1c(C(=O)NOCc2ccccc2)sc2ncn(C)c(=O)c12. The third-order valence-electron chi connectivity index (χ3n) is 3.46. The van der Waals surface area contributed by atoms with E-state index < -0.39 is 0 Å². The van der Waals surface area contributed by atoms with Crippen LogP contribution in [0, 0.1) is 6.92 Å². The maximum Gasteiger partial charge on any atom is 0.285 e. The molecule has 0 saturated carbocycles. The molecule has 0 saturated heterocycles. The van der Waals surface area contributed by atoms with E-state index in [-0.39, 0.29) is 18.1 Å². The van der Waals surface area contributed by atoms with Crippen LogP contribution in [0.4, 0.5) is 0 Å². The number of nitrogens with one attached hydrogen (secondary N) is 1. The number of nitrogens with zero attached hydrogens (tertiary/aromatic N) is 2. The van der Waals surface area contributed by atoms with Crippen molar-refractivity contribution in [3.63, 3.8) is 0 Å². The molecule has 6 nitrogen and oxygen atoms in total. The van der Waals surface area contributed by atoms with E-state index >= 15 is 0 Å². The van der Waals surface area contributed by atoms with Gasteiger partial charge >= 0.3 is 0 Å². The molecular weight excluding hydrogens is 314 g/mol. The van der Waals surface area contributed by atoms with Gasteiger partial charge in [-0.05, 0) is 18.1 Å². The van der Waals surface area contributed by atoms with Crippen LogP contribution < -0.4 is 11.0 Å². The summed E-state index contributed by atoms with van der Waals surface area (Å²) in [4.78, 5) is 34.8. The number of carbonyl (C=O) groups excluding carboxylic acids is 1. The molecule has 23 heavy (non-hydrogen) atoms. The van der Waals surface area contributed by atoms with Crippen LogP contribution in [0.25, 0.3) is 10.2 Å². The van der Waals surface area contributed by atoms with Crippen molar-refractivity contribution in [2.75, 3.05) is 0 Å². The highest BCUT2D eigenvalue weighted by molar-refractivity contribution is 7.20. The molecule has 3 rings (SSSR count). The molecule has 0 radical (unpaired) electrons. The summed E-state index contributed by atoms with van der Waals surface area (Å²) in [7, 11) is 1.63. The normalized spacial score (nSPS) is 10.9. The fourth-order valence-corrected chi connectivity index (χ4v) is 3.26. The van der Waals surface area contributed by atoms with E-state index in [4.69, 9.17) is 4.84 Å². The van der Waals surface area contributed by atoms with Crippen molar-refractivity contribution >= 4 is 27.5 Å². The number of benzene rings is 1. The number of aromatic nitrogens is 2. The van der Waals surface area contributed by atoms with E-state index in [1.165, 1.54) is 22.2 Å². The van der Waals surface area contributed by atoms with E-state index in [1.807, 2.05) is 30.3 Å². The molecule has 1 N–H and O–H groups in total. The number of rotatable bonds is 4. The largest absolute Gasteiger partial charge is 0.302 e. The highest BCUT2D eigenvalue weighted by Crippen LogP contribution is 2.26. The summed E-state index contributed by atoms with van der Waals surface area (Å²) < 4.78 is 1.40. The minimum Gasteiger partial charge on any atom is -0.302 e. The van der Waals surface area contributed by atoms with Gasteiger partial charge in [-0.1, -0.05) is 30.3 Å². The van der Waals surface area contributed by atoms with Gasteiger partial charge < -0.3 is 4.57 Å². The van der Waals surface area contributed by atoms with E-state index in [0.717, 1.165) is 5.56 Å². The molecule has 0 aliphatic rings. The monoisotopic (exact) mass is 329 g/mol. The lowest BCUT2D eigenvalue weighted by atomic mass is 10.2. The molecule has 1 amide bonds. The Labute approximate surface area is 136 Å². The standard InChI is InChI=1S/C16H15N3O3S/c1-10-12-15(17-9-19(2)16(12)21)23-13(10)14(20)18-22-8-11-6-4-3-5-7-11/h3-7,9H,8H2,1-2H3,(H,18,20). The van der Waals surface area contributed by atoms with Crippen molar-refractivity contribution in [1.82, 2.24) is 15.0 Å². The van der Waals surface area contributed by atoms with Crippen LogP contribution in [0.1, 0.15) is 20.8 Å². The summed E-state index contributed by atoms with van der Waals surface area (Å²) in [5.41, 5.74) is 3.84. The number of hydrogen-bond donors (Lipinski definition) is 1. The summed E-state index contributed by atoms with van der Waals surface area (Å²) in [6.07, 6.45) is 1.45. The Morgan fingerprint density at radius 3 is 2.83 bits per heavy atom. The molecule has 0 aliphatic carbocycles. The van der Waals surface area contributed by atoms with Crippen molar-refractivity contribution in [2.45, 2.75) is 13.5 Å². The summed E-state index contributed by atoms with van der Waals surface area (Å²) in [5, 5.41) is 0.480.